The number of carbonyl (C=O) groups excluding carboxylic acids is 1. The molecule has 1 amide bonds. The zero-order valence-electron chi connectivity index (χ0n) is 12.1. The second kappa shape index (κ2) is 8.72. The summed E-state index contributed by atoms with van der Waals surface area (Å²) in [6.45, 7) is 6.69. The summed E-state index contributed by atoms with van der Waals surface area (Å²) < 4.78 is 4.99. The summed E-state index contributed by atoms with van der Waals surface area (Å²) >= 11 is 1.07. The van der Waals surface area contributed by atoms with Crippen LogP contribution in [0.3, 0.4) is 0 Å². The number of aliphatic carboxylic acids is 1. The van der Waals surface area contributed by atoms with Crippen LogP contribution >= 0.6 is 11.8 Å². The van der Waals surface area contributed by atoms with Crippen LogP contribution in [0.25, 0.3) is 0 Å². The van der Waals surface area contributed by atoms with Crippen LogP contribution in [0.5, 0.6) is 0 Å². The quantitative estimate of drug-likeness (QED) is 0.665. The number of hydrogen-bond donors (Lipinski definition) is 3. The number of amides is 1. The second-order valence-electron chi connectivity index (χ2n) is 5.18. The Labute approximate surface area is 123 Å². The topological polar surface area (TPSA) is 95.9 Å². The minimum absolute atomic E-state index is 0.0986. The molecule has 0 aromatic heterocycles. The summed E-state index contributed by atoms with van der Waals surface area (Å²) in [7, 11) is 0. The van der Waals surface area contributed by atoms with E-state index in [2.05, 4.69) is 16.5 Å². The van der Waals surface area contributed by atoms with Gasteiger partial charge in [-0.15, -0.1) is 0 Å². The summed E-state index contributed by atoms with van der Waals surface area (Å²) in [5.74, 6) is 1.64. The van der Waals surface area contributed by atoms with E-state index < -0.39 is 29.8 Å². The van der Waals surface area contributed by atoms with Crippen molar-refractivity contribution >= 4 is 23.8 Å². The maximum absolute atomic E-state index is 11.5. The summed E-state index contributed by atoms with van der Waals surface area (Å²) in [6.07, 6.45) is -0.967. The van der Waals surface area contributed by atoms with Crippen molar-refractivity contribution < 1.29 is 24.5 Å². The predicted molar refractivity (Wildman–Crippen MR) is 77.3 cm³/mol. The Hall–Kier alpha value is -1.39. The molecule has 0 saturated heterocycles. The van der Waals surface area contributed by atoms with Gasteiger partial charge in [-0.1, -0.05) is 17.7 Å². The van der Waals surface area contributed by atoms with Crippen LogP contribution in [0.2, 0.25) is 0 Å². The molecular formula is C13H21NO5S. The first kappa shape index (κ1) is 18.6. The smallest absolute Gasteiger partial charge is 0.408 e. The standard InChI is InChI=1S/C13H21NO5S/c1-9(15)6-5-7-20-8-10(11(16)17)14-12(18)19-13(2,3)4/h9-10,15H,6,8H2,1-4H3,(H,14,18)(H,16,17)/t9-,10-/m0/s1. The minimum Gasteiger partial charge on any atom is -0.480 e. The van der Waals surface area contributed by atoms with Gasteiger partial charge in [-0.3, -0.25) is 0 Å². The van der Waals surface area contributed by atoms with E-state index in [1.807, 2.05) is 0 Å². The molecule has 0 rings (SSSR count). The zero-order chi connectivity index (χ0) is 15.8. The summed E-state index contributed by atoms with van der Waals surface area (Å²) in [5.41, 5.74) is -0.683. The zero-order valence-corrected chi connectivity index (χ0v) is 12.9. The molecule has 7 heteroatoms. The van der Waals surface area contributed by atoms with E-state index in [9.17, 15) is 9.59 Å². The fourth-order valence-corrected chi connectivity index (χ4v) is 1.65. The Morgan fingerprint density at radius 2 is 2.00 bits per heavy atom. The Bertz CT molecular complexity index is 392. The van der Waals surface area contributed by atoms with Crippen molar-refractivity contribution in [2.45, 2.75) is 51.9 Å². The van der Waals surface area contributed by atoms with Gasteiger partial charge in [-0.2, -0.15) is 0 Å². The highest BCUT2D eigenvalue weighted by atomic mass is 32.2. The number of hydrogen-bond acceptors (Lipinski definition) is 5. The number of rotatable bonds is 5. The summed E-state index contributed by atoms with van der Waals surface area (Å²) in [4.78, 5) is 22.5. The van der Waals surface area contributed by atoms with E-state index in [1.54, 1.807) is 27.7 Å². The van der Waals surface area contributed by atoms with E-state index in [0.29, 0.717) is 6.42 Å². The van der Waals surface area contributed by atoms with Gasteiger partial charge in [0.1, 0.15) is 11.6 Å². The number of nitrogens with one attached hydrogen (secondary N) is 1. The molecule has 0 aliphatic carbocycles. The molecule has 0 aromatic carbocycles. The number of carbonyl (C=O) groups is 2. The average molecular weight is 303 g/mol. The number of carboxylic acid groups (broad SMARTS) is 1. The summed E-state index contributed by atoms with van der Waals surface area (Å²) in [5, 5.41) is 22.9. The highest BCUT2D eigenvalue weighted by molar-refractivity contribution is 8.03. The van der Waals surface area contributed by atoms with Gasteiger partial charge in [0.15, 0.2) is 0 Å². The third kappa shape index (κ3) is 10.5. The molecule has 0 bridgehead atoms. The van der Waals surface area contributed by atoms with Gasteiger partial charge in [-0.25, -0.2) is 9.59 Å². The predicted octanol–water partition coefficient (Wildman–Crippen LogP) is 1.43. The molecule has 2 atom stereocenters. The van der Waals surface area contributed by atoms with E-state index in [4.69, 9.17) is 14.9 Å². The van der Waals surface area contributed by atoms with Crippen molar-refractivity contribution in [2.75, 3.05) is 5.75 Å². The molecule has 0 aliphatic heterocycles. The number of alkyl carbamates (subject to hydrolysis) is 1. The maximum Gasteiger partial charge on any atom is 0.408 e. The van der Waals surface area contributed by atoms with Gasteiger partial charge in [0.2, 0.25) is 0 Å². The monoisotopic (exact) mass is 303 g/mol. The van der Waals surface area contributed by atoms with Crippen LogP contribution in [0.4, 0.5) is 4.79 Å². The van der Waals surface area contributed by atoms with Crippen molar-refractivity contribution in [2.24, 2.45) is 0 Å². The Morgan fingerprint density at radius 1 is 1.40 bits per heavy atom. The first-order valence-electron chi connectivity index (χ1n) is 6.12. The highest BCUT2D eigenvalue weighted by Crippen LogP contribution is 2.08. The SMILES string of the molecule is C[C@H](O)CC#CSC[C@H](NC(=O)OC(C)(C)C)C(=O)O. The molecule has 0 fully saturated rings. The third-order valence-electron chi connectivity index (χ3n) is 1.78. The molecule has 20 heavy (non-hydrogen) atoms. The van der Waals surface area contributed by atoms with Gasteiger partial charge >= 0.3 is 12.1 Å². The van der Waals surface area contributed by atoms with E-state index >= 15 is 0 Å². The van der Waals surface area contributed by atoms with Crippen LogP contribution in [-0.4, -0.2) is 45.8 Å². The largest absolute Gasteiger partial charge is 0.480 e. The average Bonchev–Trinajstić information content (AvgIpc) is 2.23. The number of ether oxygens (including phenoxy) is 1. The number of carboxylic acids is 1. The van der Waals surface area contributed by atoms with Gasteiger partial charge < -0.3 is 20.3 Å². The molecule has 3 N–H and O–H groups in total. The van der Waals surface area contributed by atoms with Crippen LogP contribution in [0.1, 0.15) is 34.1 Å². The molecule has 0 unspecified atom stereocenters. The lowest BCUT2D eigenvalue weighted by molar-refractivity contribution is -0.138. The number of aliphatic hydroxyl groups is 1. The van der Waals surface area contributed by atoms with E-state index in [-0.39, 0.29) is 5.75 Å². The molecule has 0 saturated carbocycles. The molecule has 114 valence electrons. The molecule has 6 nitrogen and oxygen atoms in total. The van der Waals surface area contributed by atoms with E-state index in [1.165, 1.54) is 0 Å². The number of thioether (sulfide) groups is 1. The van der Waals surface area contributed by atoms with Crippen molar-refractivity contribution in [3.8, 4) is 11.2 Å². The van der Waals surface area contributed by atoms with Crippen molar-refractivity contribution in [3.05, 3.63) is 0 Å². The van der Waals surface area contributed by atoms with Gasteiger partial charge in [0.25, 0.3) is 0 Å². The van der Waals surface area contributed by atoms with Crippen LogP contribution < -0.4 is 5.32 Å². The van der Waals surface area contributed by atoms with E-state index in [0.717, 1.165) is 11.8 Å². The molecule has 0 aromatic rings. The first-order valence-corrected chi connectivity index (χ1v) is 7.10. The normalized spacial score (nSPS) is 13.7. The molecule has 0 heterocycles. The Balaban J connectivity index is 4.27. The van der Waals surface area contributed by atoms with Gasteiger partial charge in [0.05, 0.1) is 6.10 Å². The van der Waals surface area contributed by atoms with Crippen molar-refractivity contribution in [3.63, 3.8) is 0 Å². The Morgan fingerprint density at radius 3 is 2.45 bits per heavy atom. The van der Waals surface area contributed by atoms with Crippen LogP contribution in [-0.2, 0) is 9.53 Å². The molecule has 0 aliphatic rings. The van der Waals surface area contributed by atoms with Crippen molar-refractivity contribution in [1.82, 2.24) is 5.32 Å². The highest BCUT2D eigenvalue weighted by Gasteiger charge is 2.23. The van der Waals surface area contributed by atoms with Gasteiger partial charge in [0, 0.05) is 12.2 Å². The second-order valence-corrected chi connectivity index (χ2v) is 6.01. The van der Waals surface area contributed by atoms with Crippen LogP contribution in [0, 0.1) is 11.2 Å². The lowest BCUT2D eigenvalue weighted by Gasteiger charge is -2.21. The van der Waals surface area contributed by atoms with Crippen molar-refractivity contribution in [1.29, 1.82) is 0 Å². The van der Waals surface area contributed by atoms with Gasteiger partial charge in [-0.05, 0) is 32.9 Å². The summed E-state index contributed by atoms with van der Waals surface area (Å²) in [6, 6.07) is -1.07. The maximum atomic E-state index is 11.5. The lowest BCUT2D eigenvalue weighted by Crippen LogP contribution is -2.44. The molecule has 0 spiro atoms. The van der Waals surface area contributed by atoms with Crippen LogP contribution in [0.15, 0.2) is 0 Å². The fraction of sp³-hybridized carbons (Fsp3) is 0.692. The third-order valence-corrected chi connectivity index (χ3v) is 2.57. The Kier molecular flexibility index (Phi) is 8.11. The minimum atomic E-state index is -1.15. The lowest BCUT2D eigenvalue weighted by atomic mass is 10.2. The molecule has 0 radical (unpaired) electrons. The fourth-order valence-electron chi connectivity index (χ4n) is 0.990. The first-order chi connectivity index (χ1) is 9.11. The number of aliphatic hydroxyl groups excluding tert-OH is 1. The molecular weight excluding hydrogens is 282 g/mol.